The van der Waals surface area contributed by atoms with Crippen LogP contribution in [0.3, 0.4) is 0 Å². The second kappa shape index (κ2) is 8.59. The Labute approximate surface area is 171 Å². The van der Waals surface area contributed by atoms with E-state index in [1.54, 1.807) is 19.2 Å². The molecule has 0 aliphatic carbocycles. The fraction of sp³-hybridized carbons (Fsp3) is 0.150. The third kappa shape index (κ3) is 4.15. The summed E-state index contributed by atoms with van der Waals surface area (Å²) in [6.07, 6.45) is 0.765. The molecule has 0 bridgehead atoms. The van der Waals surface area contributed by atoms with E-state index in [9.17, 15) is 5.26 Å². The molecule has 0 atom stereocenters. The van der Waals surface area contributed by atoms with Crippen LogP contribution < -0.4 is 20.9 Å². The van der Waals surface area contributed by atoms with Gasteiger partial charge in [0.15, 0.2) is 11.5 Å². The Morgan fingerprint density at radius 1 is 1.11 bits per heavy atom. The van der Waals surface area contributed by atoms with E-state index in [-0.39, 0.29) is 17.3 Å². The SMILES string of the molecule is COc1cc(-c2nc(N)nc(N)c2C#N)c(Br)cc1OCCc1ccccc1. The molecule has 7 nitrogen and oxygen atoms in total. The Morgan fingerprint density at radius 2 is 1.86 bits per heavy atom. The quantitative estimate of drug-likeness (QED) is 0.601. The molecule has 2 aromatic carbocycles. The summed E-state index contributed by atoms with van der Waals surface area (Å²) in [5.41, 5.74) is 13.8. The van der Waals surface area contributed by atoms with Gasteiger partial charge in [-0.25, -0.2) is 4.98 Å². The minimum Gasteiger partial charge on any atom is -0.493 e. The lowest BCUT2D eigenvalue weighted by Crippen LogP contribution is -2.06. The number of ether oxygens (including phenoxy) is 2. The fourth-order valence-corrected chi connectivity index (χ4v) is 3.22. The summed E-state index contributed by atoms with van der Waals surface area (Å²) < 4.78 is 12.0. The first-order valence-corrected chi connectivity index (χ1v) is 9.20. The molecular weight excluding hydrogens is 422 g/mol. The molecule has 4 N–H and O–H groups in total. The standard InChI is InChI=1S/C20H18BrN5O2/c1-27-16-9-13(18-14(11-22)19(23)26-20(24)25-18)15(21)10-17(16)28-8-7-12-5-3-2-4-6-12/h2-6,9-10H,7-8H2,1H3,(H4,23,24,25,26). The average molecular weight is 440 g/mol. The van der Waals surface area contributed by atoms with Crippen LogP contribution in [0.25, 0.3) is 11.3 Å². The van der Waals surface area contributed by atoms with Gasteiger partial charge in [-0.15, -0.1) is 0 Å². The summed E-state index contributed by atoms with van der Waals surface area (Å²) in [5, 5.41) is 9.43. The van der Waals surface area contributed by atoms with Gasteiger partial charge in [0.1, 0.15) is 17.5 Å². The maximum Gasteiger partial charge on any atom is 0.222 e. The molecule has 0 amide bonds. The largest absolute Gasteiger partial charge is 0.493 e. The van der Waals surface area contributed by atoms with E-state index in [0.717, 1.165) is 6.42 Å². The van der Waals surface area contributed by atoms with Crippen molar-refractivity contribution in [2.75, 3.05) is 25.2 Å². The van der Waals surface area contributed by atoms with Gasteiger partial charge in [0.2, 0.25) is 5.95 Å². The van der Waals surface area contributed by atoms with Crippen molar-refractivity contribution in [3.8, 4) is 28.8 Å². The highest BCUT2D eigenvalue weighted by Gasteiger charge is 2.19. The number of anilines is 2. The number of nitrogen functional groups attached to an aromatic ring is 2. The molecule has 0 aliphatic rings. The molecule has 142 valence electrons. The summed E-state index contributed by atoms with van der Waals surface area (Å²) in [5.74, 6) is 1.09. The van der Waals surface area contributed by atoms with Gasteiger partial charge in [0.25, 0.3) is 0 Å². The zero-order valence-electron chi connectivity index (χ0n) is 15.1. The van der Waals surface area contributed by atoms with E-state index in [4.69, 9.17) is 20.9 Å². The molecular formula is C20H18BrN5O2. The number of hydrogen-bond donors (Lipinski definition) is 2. The summed E-state index contributed by atoms with van der Waals surface area (Å²) >= 11 is 3.51. The van der Waals surface area contributed by atoms with Crippen molar-refractivity contribution in [1.82, 2.24) is 9.97 Å². The molecule has 1 heterocycles. The van der Waals surface area contributed by atoms with Crippen LogP contribution in [0.4, 0.5) is 11.8 Å². The smallest absolute Gasteiger partial charge is 0.222 e. The van der Waals surface area contributed by atoms with Gasteiger partial charge in [-0.1, -0.05) is 30.3 Å². The van der Waals surface area contributed by atoms with Crippen molar-refractivity contribution in [3.05, 3.63) is 58.1 Å². The number of aromatic nitrogens is 2. The van der Waals surface area contributed by atoms with Gasteiger partial charge in [0.05, 0.1) is 19.4 Å². The molecule has 28 heavy (non-hydrogen) atoms. The number of rotatable bonds is 6. The third-order valence-electron chi connectivity index (χ3n) is 4.07. The highest BCUT2D eigenvalue weighted by Crippen LogP contribution is 2.39. The number of nitrogens with two attached hydrogens (primary N) is 2. The van der Waals surface area contributed by atoms with E-state index in [1.807, 2.05) is 36.4 Å². The van der Waals surface area contributed by atoms with Gasteiger partial charge in [-0.3, -0.25) is 0 Å². The maximum absolute atomic E-state index is 9.43. The average Bonchev–Trinajstić information content (AvgIpc) is 2.68. The molecule has 3 rings (SSSR count). The van der Waals surface area contributed by atoms with Crippen LogP contribution in [0.15, 0.2) is 46.9 Å². The summed E-state index contributed by atoms with van der Waals surface area (Å²) in [6, 6.07) is 15.6. The van der Waals surface area contributed by atoms with E-state index in [1.165, 1.54) is 5.56 Å². The lowest BCUT2D eigenvalue weighted by Gasteiger charge is -2.15. The number of halogens is 1. The molecule has 0 saturated carbocycles. The Balaban J connectivity index is 1.91. The molecule has 0 fully saturated rings. The molecule has 8 heteroatoms. The van der Waals surface area contributed by atoms with Crippen molar-refractivity contribution in [1.29, 1.82) is 5.26 Å². The van der Waals surface area contributed by atoms with Gasteiger partial charge >= 0.3 is 0 Å². The van der Waals surface area contributed by atoms with Crippen LogP contribution in [-0.4, -0.2) is 23.7 Å². The highest BCUT2D eigenvalue weighted by molar-refractivity contribution is 9.10. The number of nitrogens with zero attached hydrogens (tertiary/aromatic N) is 3. The predicted molar refractivity (Wildman–Crippen MR) is 111 cm³/mol. The normalized spacial score (nSPS) is 10.3. The second-order valence-corrected chi connectivity index (χ2v) is 6.72. The molecule has 0 unspecified atom stereocenters. The number of methoxy groups -OCH3 is 1. The Hall–Kier alpha value is -3.31. The topological polar surface area (TPSA) is 120 Å². The lowest BCUT2D eigenvalue weighted by atomic mass is 10.1. The molecule has 0 aliphatic heterocycles. The Morgan fingerprint density at radius 3 is 2.54 bits per heavy atom. The second-order valence-electron chi connectivity index (χ2n) is 5.87. The van der Waals surface area contributed by atoms with Crippen LogP contribution >= 0.6 is 15.9 Å². The minimum atomic E-state index is -0.0134. The zero-order valence-corrected chi connectivity index (χ0v) is 16.7. The van der Waals surface area contributed by atoms with Gasteiger partial charge in [0, 0.05) is 16.5 Å². The first kappa shape index (κ1) is 19.5. The van der Waals surface area contributed by atoms with Crippen molar-refractivity contribution in [2.45, 2.75) is 6.42 Å². The number of nitriles is 1. The maximum atomic E-state index is 9.43. The first-order chi connectivity index (χ1) is 13.5. The predicted octanol–water partition coefficient (Wildman–Crippen LogP) is 3.57. The zero-order chi connectivity index (χ0) is 20.1. The van der Waals surface area contributed by atoms with Crippen LogP contribution in [0.5, 0.6) is 11.5 Å². The Kier molecular flexibility index (Phi) is 5.96. The van der Waals surface area contributed by atoms with Crippen LogP contribution in [-0.2, 0) is 6.42 Å². The van der Waals surface area contributed by atoms with Crippen LogP contribution in [0.2, 0.25) is 0 Å². The van der Waals surface area contributed by atoms with Gasteiger partial charge in [-0.05, 0) is 33.6 Å². The summed E-state index contributed by atoms with van der Waals surface area (Å²) in [7, 11) is 1.55. The minimum absolute atomic E-state index is 0.0134. The van der Waals surface area contributed by atoms with Crippen molar-refractivity contribution < 1.29 is 9.47 Å². The van der Waals surface area contributed by atoms with Crippen molar-refractivity contribution in [3.63, 3.8) is 0 Å². The van der Waals surface area contributed by atoms with Crippen LogP contribution in [0, 0.1) is 11.3 Å². The molecule has 0 spiro atoms. The third-order valence-corrected chi connectivity index (χ3v) is 4.72. The number of benzene rings is 2. The molecule has 1 aromatic heterocycles. The lowest BCUT2D eigenvalue weighted by molar-refractivity contribution is 0.297. The Bertz CT molecular complexity index is 1040. The molecule has 0 saturated heterocycles. The number of hydrogen-bond acceptors (Lipinski definition) is 7. The van der Waals surface area contributed by atoms with E-state index in [0.29, 0.717) is 33.8 Å². The van der Waals surface area contributed by atoms with E-state index in [2.05, 4.69) is 25.9 Å². The van der Waals surface area contributed by atoms with E-state index >= 15 is 0 Å². The summed E-state index contributed by atoms with van der Waals surface area (Å²) in [6.45, 7) is 0.489. The molecule has 3 aromatic rings. The van der Waals surface area contributed by atoms with Crippen LogP contribution in [0.1, 0.15) is 11.1 Å². The van der Waals surface area contributed by atoms with E-state index < -0.39 is 0 Å². The van der Waals surface area contributed by atoms with Gasteiger partial charge < -0.3 is 20.9 Å². The molecule has 0 radical (unpaired) electrons. The fourth-order valence-electron chi connectivity index (χ4n) is 2.71. The van der Waals surface area contributed by atoms with Crippen molar-refractivity contribution >= 4 is 27.7 Å². The first-order valence-electron chi connectivity index (χ1n) is 8.41. The van der Waals surface area contributed by atoms with Crippen molar-refractivity contribution in [2.24, 2.45) is 0 Å². The monoisotopic (exact) mass is 439 g/mol. The highest BCUT2D eigenvalue weighted by atomic mass is 79.9. The summed E-state index contributed by atoms with van der Waals surface area (Å²) in [4.78, 5) is 8.02. The van der Waals surface area contributed by atoms with Gasteiger partial charge in [-0.2, -0.15) is 10.2 Å².